The Labute approximate surface area is 155 Å². The summed E-state index contributed by atoms with van der Waals surface area (Å²) in [5.74, 6) is 2.21. The van der Waals surface area contributed by atoms with Gasteiger partial charge in [-0.1, -0.05) is 6.07 Å². The van der Waals surface area contributed by atoms with E-state index in [1.54, 1.807) is 18.2 Å². The van der Waals surface area contributed by atoms with Gasteiger partial charge in [-0.3, -0.25) is 10.1 Å². The molecule has 0 aliphatic carbocycles. The molecule has 2 aromatic carbocycles. The smallest absolute Gasteiger partial charge is 0.292 e. The van der Waals surface area contributed by atoms with Crippen LogP contribution in [0.4, 0.5) is 0 Å². The first kappa shape index (κ1) is 17.0. The molecule has 140 valence electrons. The van der Waals surface area contributed by atoms with Crippen molar-refractivity contribution in [3.05, 3.63) is 47.5 Å². The maximum atomic E-state index is 12.5. The Kier molecular flexibility index (Phi) is 4.69. The van der Waals surface area contributed by atoms with E-state index in [-0.39, 0.29) is 25.5 Å². The Morgan fingerprint density at radius 1 is 1.00 bits per heavy atom. The molecule has 2 aliphatic heterocycles. The molecule has 0 bridgehead atoms. The Hall–Kier alpha value is -3.42. The van der Waals surface area contributed by atoms with Crippen molar-refractivity contribution < 1.29 is 28.5 Å². The van der Waals surface area contributed by atoms with Gasteiger partial charge >= 0.3 is 0 Å². The fourth-order valence-electron chi connectivity index (χ4n) is 2.67. The molecule has 8 heteroatoms. The molecule has 2 aromatic rings. The number of hydrogen-bond donors (Lipinski definition) is 1. The Bertz CT molecular complexity index is 896. The Balaban J connectivity index is 1.45. The quantitative estimate of drug-likeness (QED) is 0.657. The molecule has 2 heterocycles. The van der Waals surface area contributed by atoms with Crippen LogP contribution in [0, 0.1) is 0 Å². The molecule has 0 fully saturated rings. The predicted octanol–water partition coefficient (Wildman–Crippen LogP) is 2.47. The number of hydrogen-bond acceptors (Lipinski definition) is 7. The van der Waals surface area contributed by atoms with Crippen LogP contribution in [-0.2, 0) is 11.3 Å². The zero-order valence-corrected chi connectivity index (χ0v) is 14.7. The molecular formula is C19H18N2O6. The van der Waals surface area contributed by atoms with Gasteiger partial charge in [-0.2, -0.15) is 0 Å². The second kappa shape index (κ2) is 7.45. The largest absolute Gasteiger partial charge is 0.465 e. The molecule has 1 N–H and O–H groups in total. The zero-order valence-electron chi connectivity index (χ0n) is 14.7. The first-order valence-electron chi connectivity index (χ1n) is 8.49. The van der Waals surface area contributed by atoms with E-state index >= 15 is 0 Å². The van der Waals surface area contributed by atoms with Crippen molar-refractivity contribution in [2.45, 2.75) is 13.5 Å². The number of benzene rings is 2. The number of rotatable bonds is 4. The summed E-state index contributed by atoms with van der Waals surface area (Å²) in [6.07, 6.45) is 0. The number of amides is 1. The molecule has 0 aromatic heterocycles. The zero-order chi connectivity index (χ0) is 18.6. The van der Waals surface area contributed by atoms with Crippen molar-refractivity contribution in [3.8, 4) is 23.0 Å². The van der Waals surface area contributed by atoms with Crippen LogP contribution in [0.3, 0.4) is 0 Å². The summed E-state index contributed by atoms with van der Waals surface area (Å²) >= 11 is 0. The molecule has 0 spiro atoms. The number of fused-ring (bicyclic) bond motifs is 2. The topological polar surface area (TPSA) is 87.6 Å². The van der Waals surface area contributed by atoms with Gasteiger partial charge in [0.2, 0.25) is 13.6 Å². The third-order valence-electron chi connectivity index (χ3n) is 3.98. The normalized spacial score (nSPS) is 14.2. The molecule has 0 atom stereocenters. The van der Waals surface area contributed by atoms with Crippen molar-refractivity contribution in [3.63, 3.8) is 0 Å². The summed E-state index contributed by atoms with van der Waals surface area (Å²) in [5.41, 5.74) is 1.34. The molecular weight excluding hydrogens is 352 g/mol. The summed E-state index contributed by atoms with van der Waals surface area (Å²) < 4.78 is 26.6. The molecule has 27 heavy (non-hydrogen) atoms. The minimum absolute atomic E-state index is 0.151. The summed E-state index contributed by atoms with van der Waals surface area (Å²) in [4.78, 5) is 16.8. The molecule has 8 nitrogen and oxygen atoms in total. The second-order valence-electron chi connectivity index (χ2n) is 5.76. The minimum atomic E-state index is -0.341. The van der Waals surface area contributed by atoms with Gasteiger partial charge in [-0.05, 0) is 42.8 Å². The van der Waals surface area contributed by atoms with Crippen LogP contribution in [0.1, 0.15) is 22.8 Å². The van der Waals surface area contributed by atoms with Crippen LogP contribution < -0.4 is 24.3 Å². The average molecular weight is 370 g/mol. The van der Waals surface area contributed by atoms with Crippen molar-refractivity contribution in [2.75, 3.05) is 20.2 Å². The van der Waals surface area contributed by atoms with Crippen LogP contribution in [-0.4, -0.2) is 32.1 Å². The summed E-state index contributed by atoms with van der Waals surface area (Å²) in [7, 11) is 0. The van der Waals surface area contributed by atoms with Crippen LogP contribution in [0.25, 0.3) is 0 Å². The van der Waals surface area contributed by atoms with E-state index in [2.05, 4.69) is 10.3 Å². The molecule has 1 amide bonds. The van der Waals surface area contributed by atoms with Gasteiger partial charge < -0.3 is 23.7 Å². The maximum absolute atomic E-state index is 12.5. The van der Waals surface area contributed by atoms with Gasteiger partial charge in [-0.25, -0.2) is 4.99 Å². The SMILES string of the molecule is CCOC(=NCc1ccc2c(c1)OCO2)NC(=O)c1ccc2c(c1)OCO2. The highest BCUT2D eigenvalue weighted by Gasteiger charge is 2.18. The lowest BCUT2D eigenvalue weighted by Gasteiger charge is -2.10. The first-order valence-corrected chi connectivity index (χ1v) is 8.49. The number of ether oxygens (including phenoxy) is 5. The molecule has 0 radical (unpaired) electrons. The first-order chi connectivity index (χ1) is 13.2. The highest BCUT2D eigenvalue weighted by atomic mass is 16.7. The van der Waals surface area contributed by atoms with E-state index in [9.17, 15) is 4.79 Å². The number of aliphatic imine (C=N–C) groups is 1. The van der Waals surface area contributed by atoms with Gasteiger partial charge in [0, 0.05) is 5.56 Å². The fourth-order valence-corrected chi connectivity index (χ4v) is 2.67. The lowest BCUT2D eigenvalue weighted by Crippen LogP contribution is -2.32. The third kappa shape index (κ3) is 3.74. The molecule has 2 aliphatic rings. The summed E-state index contributed by atoms with van der Waals surface area (Å²) in [5, 5.41) is 2.68. The molecule has 0 unspecified atom stereocenters. The van der Waals surface area contributed by atoms with E-state index in [0.29, 0.717) is 41.7 Å². The second-order valence-corrected chi connectivity index (χ2v) is 5.76. The standard InChI is InChI=1S/C19H18N2O6/c1-2-23-19(20-9-12-3-5-14-16(7-12)26-10-24-14)21-18(22)13-4-6-15-17(8-13)27-11-25-15/h3-8H,2,9-11H2,1H3,(H,20,21,22). The molecule has 4 rings (SSSR count). The van der Waals surface area contributed by atoms with Crippen molar-refractivity contribution in [2.24, 2.45) is 4.99 Å². The van der Waals surface area contributed by atoms with E-state index in [4.69, 9.17) is 23.7 Å². The number of nitrogens with zero attached hydrogens (tertiary/aromatic N) is 1. The van der Waals surface area contributed by atoms with Crippen molar-refractivity contribution in [1.29, 1.82) is 0 Å². The number of nitrogens with one attached hydrogen (secondary N) is 1. The Morgan fingerprint density at radius 3 is 2.41 bits per heavy atom. The third-order valence-corrected chi connectivity index (χ3v) is 3.98. The lowest BCUT2D eigenvalue weighted by atomic mass is 10.2. The summed E-state index contributed by atoms with van der Waals surface area (Å²) in [6.45, 7) is 2.90. The lowest BCUT2D eigenvalue weighted by molar-refractivity contribution is 0.0965. The van der Waals surface area contributed by atoms with E-state index in [1.165, 1.54) is 0 Å². The predicted molar refractivity (Wildman–Crippen MR) is 95.4 cm³/mol. The van der Waals surface area contributed by atoms with Gasteiger partial charge in [0.05, 0.1) is 13.2 Å². The van der Waals surface area contributed by atoms with Gasteiger partial charge in [0.25, 0.3) is 11.9 Å². The van der Waals surface area contributed by atoms with E-state index in [0.717, 1.165) is 5.56 Å². The highest BCUT2D eigenvalue weighted by Crippen LogP contribution is 2.33. The molecule has 0 saturated heterocycles. The van der Waals surface area contributed by atoms with Crippen molar-refractivity contribution >= 4 is 11.9 Å². The molecule has 0 saturated carbocycles. The van der Waals surface area contributed by atoms with Gasteiger partial charge in [-0.15, -0.1) is 0 Å². The Morgan fingerprint density at radius 2 is 1.67 bits per heavy atom. The highest BCUT2D eigenvalue weighted by molar-refractivity contribution is 6.04. The summed E-state index contributed by atoms with van der Waals surface area (Å²) in [6, 6.07) is 10.7. The maximum Gasteiger partial charge on any atom is 0.292 e. The number of carbonyl (C=O) groups excluding carboxylic acids is 1. The fraction of sp³-hybridized carbons (Fsp3) is 0.263. The van der Waals surface area contributed by atoms with Crippen LogP contribution in [0.15, 0.2) is 41.4 Å². The minimum Gasteiger partial charge on any atom is -0.465 e. The van der Waals surface area contributed by atoms with Crippen LogP contribution in [0.5, 0.6) is 23.0 Å². The van der Waals surface area contributed by atoms with E-state index in [1.807, 2.05) is 25.1 Å². The van der Waals surface area contributed by atoms with Crippen molar-refractivity contribution in [1.82, 2.24) is 5.32 Å². The number of carbonyl (C=O) groups is 1. The van der Waals surface area contributed by atoms with Gasteiger partial charge in [0.15, 0.2) is 23.0 Å². The van der Waals surface area contributed by atoms with Crippen LogP contribution in [0.2, 0.25) is 0 Å². The number of amidine groups is 1. The van der Waals surface area contributed by atoms with E-state index < -0.39 is 0 Å². The van der Waals surface area contributed by atoms with Crippen LogP contribution >= 0.6 is 0 Å². The monoisotopic (exact) mass is 370 g/mol. The average Bonchev–Trinajstić information content (AvgIpc) is 3.34. The van der Waals surface area contributed by atoms with Gasteiger partial charge in [0.1, 0.15) is 0 Å².